The Kier molecular flexibility index (Phi) is 5.59. The molecule has 1 fully saturated rings. The van der Waals surface area contributed by atoms with E-state index in [1.165, 1.54) is 11.0 Å². The largest absolute Gasteiger partial charge is 0.477 e. The van der Waals surface area contributed by atoms with Crippen molar-refractivity contribution in [2.24, 2.45) is 0 Å². The number of nitro benzene ring substituents is 1. The smallest absolute Gasteiger partial charge is 0.453 e. The lowest BCUT2D eigenvalue weighted by atomic mass is 10.0. The van der Waals surface area contributed by atoms with Gasteiger partial charge in [-0.3, -0.25) is 10.1 Å². The number of nitro groups is 1. The third kappa shape index (κ3) is 4.43. The molecule has 1 aliphatic rings. The highest BCUT2D eigenvalue weighted by molar-refractivity contribution is 5.93. The Morgan fingerprint density at radius 2 is 1.93 bits per heavy atom. The van der Waals surface area contributed by atoms with E-state index in [4.69, 9.17) is 5.11 Å². The van der Waals surface area contributed by atoms with Gasteiger partial charge in [0.15, 0.2) is 0 Å². The number of benzene rings is 1. The van der Waals surface area contributed by atoms with Crippen LogP contribution in [0.15, 0.2) is 18.2 Å². The van der Waals surface area contributed by atoms with Gasteiger partial charge in [0.05, 0.1) is 4.92 Å². The molecule has 0 aliphatic carbocycles. The van der Waals surface area contributed by atoms with E-state index >= 15 is 0 Å². The van der Waals surface area contributed by atoms with Crippen molar-refractivity contribution in [1.29, 1.82) is 0 Å². The average molecular weight is 397 g/mol. The van der Waals surface area contributed by atoms with Crippen molar-refractivity contribution in [2.45, 2.75) is 24.6 Å². The SMILES string of the molecule is CN1CCN(c2ccc(C(=O)O)c([N+](=O)[O-])c2)C(CC(F)(F)C(F)(F)F)C1. The molecule has 1 aromatic carbocycles. The Balaban J connectivity index is 2.40. The van der Waals surface area contributed by atoms with Crippen molar-refractivity contribution in [3.05, 3.63) is 33.9 Å². The van der Waals surface area contributed by atoms with Crippen LogP contribution in [-0.4, -0.2) is 65.7 Å². The number of halogens is 5. The van der Waals surface area contributed by atoms with Crippen molar-refractivity contribution in [3.63, 3.8) is 0 Å². The summed E-state index contributed by atoms with van der Waals surface area (Å²) >= 11 is 0. The Morgan fingerprint density at radius 3 is 2.44 bits per heavy atom. The summed E-state index contributed by atoms with van der Waals surface area (Å²) in [6, 6.07) is 1.72. The molecule has 1 unspecified atom stereocenters. The van der Waals surface area contributed by atoms with Crippen LogP contribution in [0.3, 0.4) is 0 Å². The number of alkyl halides is 5. The lowest BCUT2D eigenvalue weighted by Gasteiger charge is -2.42. The fourth-order valence-corrected chi connectivity index (χ4v) is 2.97. The first-order valence-corrected chi connectivity index (χ1v) is 7.75. The quantitative estimate of drug-likeness (QED) is 0.467. The molecule has 1 atom stereocenters. The second-order valence-electron chi connectivity index (χ2n) is 6.28. The van der Waals surface area contributed by atoms with Gasteiger partial charge in [0, 0.05) is 43.9 Å². The van der Waals surface area contributed by atoms with E-state index < -0.39 is 46.7 Å². The summed E-state index contributed by atoms with van der Waals surface area (Å²) in [5.41, 5.74) is -1.35. The van der Waals surface area contributed by atoms with E-state index in [-0.39, 0.29) is 18.8 Å². The Bertz CT molecular complexity index is 741. The monoisotopic (exact) mass is 397 g/mol. The lowest BCUT2D eigenvalue weighted by molar-refractivity contribution is -0.385. The zero-order valence-corrected chi connectivity index (χ0v) is 14.0. The highest BCUT2D eigenvalue weighted by atomic mass is 19.4. The minimum atomic E-state index is -5.71. The Morgan fingerprint density at radius 1 is 1.30 bits per heavy atom. The van der Waals surface area contributed by atoms with Crippen molar-refractivity contribution < 1.29 is 36.8 Å². The number of anilines is 1. The number of hydrogen-bond donors (Lipinski definition) is 1. The van der Waals surface area contributed by atoms with Gasteiger partial charge in [-0.15, -0.1) is 0 Å². The van der Waals surface area contributed by atoms with E-state index in [2.05, 4.69) is 0 Å². The standard InChI is InChI=1S/C15H16F5N3O4/c1-21-4-5-22(10(8-21)7-14(16,17)15(18,19)20)9-2-3-11(13(24)25)12(6-9)23(26)27/h2-3,6,10H,4-5,7-8H2,1H3,(H,24,25). The molecule has 0 aromatic heterocycles. The number of piperazine rings is 1. The van der Waals surface area contributed by atoms with Gasteiger partial charge < -0.3 is 14.9 Å². The third-order valence-corrected chi connectivity index (χ3v) is 4.33. The molecule has 0 amide bonds. The van der Waals surface area contributed by atoms with E-state index in [0.717, 1.165) is 12.1 Å². The van der Waals surface area contributed by atoms with Crippen molar-refractivity contribution in [1.82, 2.24) is 4.90 Å². The third-order valence-electron chi connectivity index (χ3n) is 4.33. The van der Waals surface area contributed by atoms with Gasteiger partial charge >= 0.3 is 18.1 Å². The number of nitrogens with zero attached hydrogens (tertiary/aromatic N) is 3. The molecular formula is C15H16F5N3O4. The number of likely N-dealkylation sites (N-methyl/N-ethyl adjacent to an activating group) is 1. The predicted molar refractivity (Wildman–Crippen MR) is 84.3 cm³/mol. The summed E-state index contributed by atoms with van der Waals surface area (Å²) < 4.78 is 64.9. The van der Waals surface area contributed by atoms with Gasteiger partial charge in [-0.25, -0.2) is 4.79 Å². The number of aromatic carboxylic acids is 1. The van der Waals surface area contributed by atoms with E-state index in [9.17, 15) is 36.9 Å². The van der Waals surface area contributed by atoms with Gasteiger partial charge in [-0.2, -0.15) is 22.0 Å². The molecule has 27 heavy (non-hydrogen) atoms. The van der Waals surface area contributed by atoms with Crippen LogP contribution in [0.25, 0.3) is 0 Å². The minimum absolute atomic E-state index is 0.0165. The second-order valence-corrected chi connectivity index (χ2v) is 6.28. The average Bonchev–Trinajstić information content (AvgIpc) is 2.52. The maximum Gasteiger partial charge on any atom is 0.453 e. The van der Waals surface area contributed by atoms with Crippen LogP contribution < -0.4 is 4.90 Å². The Labute approximate surface area is 150 Å². The van der Waals surface area contributed by atoms with Gasteiger partial charge in [-0.05, 0) is 19.2 Å². The maximum atomic E-state index is 13.6. The normalized spacial score (nSPS) is 19.2. The van der Waals surface area contributed by atoms with Gasteiger partial charge in [0.25, 0.3) is 5.69 Å². The van der Waals surface area contributed by atoms with E-state index in [1.807, 2.05) is 0 Å². The summed E-state index contributed by atoms with van der Waals surface area (Å²) in [4.78, 5) is 24.0. The first-order chi connectivity index (χ1) is 12.3. The fourth-order valence-electron chi connectivity index (χ4n) is 2.97. The maximum absolute atomic E-state index is 13.6. The summed E-state index contributed by atoms with van der Waals surface area (Å²) in [6.07, 6.45) is -7.23. The molecule has 0 radical (unpaired) electrons. The molecule has 1 aromatic rings. The van der Waals surface area contributed by atoms with Crippen LogP contribution in [0, 0.1) is 10.1 Å². The molecule has 2 rings (SSSR count). The summed E-state index contributed by atoms with van der Waals surface area (Å²) in [7, 11) is 1.56. The number of hydrogen-bond acceptors (Lipinski definition) is 5. The van der Waals surface area contributed by atoms with Crippen molar-refractivity contribution in [3.8, 4) is 0 Å². The molecule has 0 saturated carbocycles. The van der Waals surface area contributed by atoms with Crippen molar-refractivity contribution in [2.75, 3.05) is 31.6 Å². The molecule has 0 bridgehead atoms. The molecule has 150 valence electrons. The Hall–Kier alpha value is -2.50. The van der Waals surface area contributed by atoms with Gasteiger partial charge in [-0.1, -0.05) is 0 Å². The number of rotatable bonds is 5. The summed E-state index contributed by atoms with van der Waals surface area (Å²) in [6.45, 7) is 0.279. The van der Waals surface area contributed by atoms with E-state index in [0.29, 0.717) is 6.54 Å². The predicted octanol–water partition coefficient (Wildman–Crippen LogP) is 3.00. The zero-order valence-electron chi connectivity index (χ0n) is 14.0. The molecule has 1 heterocycles. The molecule has 1 saturated heterocycles. The second kappa shape index (κ2) is 7.25. The molecular weight excluding hydrogens is 381 g/mol. The summed E-state index contributed by atoms with van der Waals surface area (Å²) in [5.74, 6) is -6.48. The van der Waals surface area contributed by atoms with Crippen molar-refractivity contribution >= 4 is 17.3 Å². The van der Waals surface area contributed by atoms with Crippen LogP contribution in [0.5, 0.6) is 0 Å². The van der Waals surface area contributed by atoms with E-state index in [1.54, 1.807) is 11.9 Å². The minimum Gasteiger partial charge on any atom is -0.477 e. The lowest BCUT2D eigenvalue weighted by Crippen LogP contribution is -2.55. The molecule has 1 N–H and O–H groups in total. The topological polar surface area (TPSA) is 86.9 Å². The first kappa shape index (κ1) is 20.8. The summed E-state index contributed by atoms with van der Waals surface area (Å²) in [5, 5.41) is 20.1. The van der Waals surface area contributed by atoms with Crippen LogP contribution in [0.2, 0.25) is 0 Å². The molecule has 1 aliphatic heterocycles. The molecule has 7 nitrogen and oxygen atoms in total. The molecule has 0 spiro atoms. The van der Waals surface area contributed by atoms with Crippen LogP contribution in [0.4, 0.5) is 33.3 Å². The molecule has 12 heteroatoms. The van der Waals surface area contributed by atoms with Gasteiger partial charge in [0.1, 0.15) is 5.56 Å². The number of carbonyl (C=O) groups is 1. The highest BCUT2D eigenvalue weighted by Gasteiger charge is 2.58. The zero-order chi connectivity index (χ0) is 20.6. The van der Waals surface area contributed by atoms with Gasteiger partial charge in [0.2, 0.25) is 0 Å². The number of carboxylic acid groups (broad SMARTS) is 1. The highest BCUT2D eigenvalue weighted by Crippen LogP contribution is 2.41. The first-order valence-electron chi connectivity index (χ1n) is 7.75. The van der Waals surface area contributed by atoms with Crippen LogP contribution >= 0.6 is 0 Å². The van der Waals surface area contributed by atoms with Crippen LogP contribution in [0.1, 0.15) is 16.8 Å². The fraction of sp³-hybridized carbons (Fsp3) is 0.533. The number of carboxylic acids is 1. The van der Waals surface area contributed by atoms with Crippen LogP contribution in [-0.2, 0) is 0 Å².